The summed E-state index contributed by atoms with van der Waals surface area (Å²) < 4.78 is 170. The Hall–Kier alpha value is -1.66. The second kappa shape index (κ2) is 11.8. The first-order valence-electron chi connectivity index (χ1n) is 9.88. The molecule has 0 aliphatic carbocycles. The molecule has 36 heavy (non-hydrogen) atoms. The van der Waals surface area contributed by atoms with Crippen molar-refractivity contribution < 1.29 is 76.2 Å². The molecule has 0 bridgehead atoms. The highest BCUT2D eigenvalue weighted by Crippen LogP contribution is 2.47. The predicted octanol–water partition coefficient (Wildman–Crippen LogP) is 4.66. The Labute approximate surface area is 199 Å². The molecule has 0 spiro atoms. The van der Waals surface area contributed by atoms with Crippen molar-refractivity contribution in [3.8, 4) is 0 Å². The van der Waals surface area contributed by atoms with Crippen molar-refractivity contribution in [2.75, 3.05) is 13.2 Å². The molecule has 2 N–H and O–H groups in total. The predicted molar refractivity (Wildman–Crippen MR) is 102 cm³/mol. The Bertz CT molecular complexity index is 852. The van der Waals surface area contributed by atoms with Crippen LogP contribution in [0.15, 0.2) is 12.2 Å². The first kappa shape index (κ1) is 34.3. The number of esters is 1. The molecule has 0 saturated heterocycles. The monoisotopic (exact) mass is 574 g/mol. The first-order chi connectivity index (χ1) is 15.8. The zero-order valence-corrected chi connectivity index (χ0v) is 19.5. The van der Waals surface area contributed by atoms with Crippen LogP contribution >= 0.6 is 0 Å². The van der Waals surface area contributed by atoms with Gasteiger partial charge in [0.2, 0.25) is 0 Å². The summed E-state index contributed by atoms with van der Waals surface area (Å²) in [5.41, 5.74) is -6.23. The molecule has 0 aliphatic rings. The van der Waals surface area contributed by atoms with Crippen LogP contribution in [0.25, 0.3) is 0 Å². The minimum absolute atomic E-state index is 0.447. The molecule has 0 rings (SSSR count). The van der Waals surface area contributed by atoms with Crippen LogP contribution in [0.3, 0.4) is 0 Å². The lowest BCUT2D eigenvalue weighted by Crippen LogP contribution is -2.65. The van der Waals surface area contributed by atoms with Gasteiger partial charge in [0.25, 0.3) is 5.60 Å². The first-order valence-corrected chi connectivity index (χ1v) is 11.3. The summed E-state index contributed by atoms with van der Waals surface area (Å²) in [6, 6.07) is 0. The summed E-state index contributed by atoms with van der Waals surface area (Å²) in [4.78, 5) is 12.0. The summed E-state index contributed by atoms with van der Waals surface area (Å²) in [5.74, 6) is -7.85. The lowest BCUT2D eigenvalue weighted by Gasteiger charge is -2.38. The molecule has 0 aromatic rings. The molecule has 0 fully saturated rings. The van der Waals surface area contributed by atoms with E-state index in [0.717, 1.165) is 0 Å². The molecule has 1 atom stereocenters. The number of carbonyl (C=O) groups is 1. The average Bonchev–Trinajstić information content (AvgIpc) is 2.65. The van der Waals surface area contributed by atoms with E-state index in [-0.39, 0.29) is 0 Å². The van der Waals surface area contributed by atoms with E-state index in [0.29, 0.717) is 0 Å². The molecule has 1 unspecified atom stereocenters. The van der Waals surface area contributed by atoms with Gasteiger partial charge in [-0.1, -0.05) is 20.4 Å². The maximum Gasteiger partial charge on any atom is 0.431 e. The molecular weight excluding hydrogens is 550 g/mol. The van der Waals surface area contributed by atoms with Crippen molar-refractivity contribution in [3.05, 3.63) is 12.2 Å². The zero-order valence-electron chi connectivity index (χ0n) is 18.7. The van der Waals surface area contributed by atoms with E-state index in [9.17, 15) is 62.2 Å². The molecular formula is C18H24F10O7S. The van der Waals surface area contributed by atoms with Gasteiger partial charge in [-0.25, -0.2) is 4.79 Å². The SMILES string of the molecule is C=C(COCCCCC(F)(F)C(F)(F)S(=O)(=O)O)C(=O)OC(CC(C)C)C(O)(C(F)(F)F)C(F)(F)F. The van der Waals surface area contributed by atoms with E-state index in [1.54, 1.807) is 0 Å². The zero-order chi connectivity index (χ0) is 29.0. The Kier molecular flexibility index (Phi) is 11.3. The number of carbonyl (C=O) groups excluding carboxylic acids is 1. The quantitative estimate of drug-likeness (QED) is 0.102. The number of ether oxygens (including phenoxy) is 2. The Morgan fingerprint density at radius 3 is 1.81 bits per heavy atom. The van der Waals surface area contributed by atoms with Crippen molar-refractivity contribution in [1.82, 2.24) is 0 Å². The van der Waals surface area contributed by atoms with E-state index in [4.69, 9.17) is 9.29 Å². The molecule has 18 heteroatoms. The molecule has 0 heterocycles. The maximum absolute atomic E-state index is 13.3. The molecule has 0 aliphatic heterocycles. The highest BCUT2D eigenvalue weighted by atomic mass is 32.2. The molecule has 0 radical (unpaired) electrons. The van der Waals surface area contributed by atoms with Gasteiger partial charge in [-0.3, -0.25) is 4.55 Å². The van der Waals surface area contributed by atoms with Gasteiger partial charge in [0.05, 0.1) is 12.2 Å². The van der Waals surface area contributed by atoms with E-state index < -0.39 is 102 Å². The molecule has 0 saturated carbocycles. The standard InChI is InChI=1S/C18H24F10O7S/c1-10(2)8-12(15(30,16(21,22)23)17(24,25)26)35-13(29)11(3)9-34-7-5-4-6-14(19,20)18(27,28)36(31,32)33/h10,12,30H,3-9H2,1-2H3,(H,31,32,33). The van der Waals surface area contributed by atoms with Gasteiger partial charge < -0.3 is 14.6 Å². The number of hydrogen-bond donors (Lipinski definition) is 2. The summed E-state index contributed by atoms with van der Waals surface area (Å²) in [5, 5.41) is 3.75. The van der Waals surface area contributed by atoms with E-state index >= 15 is 0 Å². The summed E-state index contributed by atoms with van der Waals surface area (Å²) in [7, 11) is -6.41. The van der Waals surface area contributed by atoms with Gasteiger partial charge in [-0.15, -0.1) is 0 Å². The number of aliphatic hydroxyl groups is 1. The van der Waals surface area contributed by atoms with Gasteiger partial charge in [-0.2, -0.15) is 52.3 Å². The van der Waals surface area contributed by atoms with Gasteiger partial charge in [-0.05, 0) is 25.2 Å². The van der Waals surface area contributed by atoms with Gasteiger partial charge in [0.15, 0.2) is 0 Å². The Morgan fingerprint density at radius 2 is 1.42 bits per heavy atom. The van der Waals surface area contributed by atoms with Crippen molar-refractivity contribution in [1.29, 1.82) is 0 Å². The van der Waals surface area contributed by atoms with Crippen LogP contribution in [-0.4, -0.2) is 72.5 Å². The molecule has 214 valence electrons. The third kappa shape index (κ3) is 8.17. The Balaban J connectivity index is 5.05. The van der Waals surface area contributed by atoms with Crippen LogP contribution < -0.4 is 0 Å². The van der Waals surface area contributed by atoms with Crippen molar-refractivity contribution in [3.63, 3.8) is 0 Å². The molecule has 7 nitrogen and oxygen atoms in total. The fraction of sp³-hybridized carbons (Fsp3) is 0.833. The number of rotatable bonds is 14. The average molecular weight is 574 g/mol. The highest BCUT2D eigenvalue weighted by molar-refractivity contribution is 7.87. The van der Waals surface area contributed by atoms with Crippen molar-refractivity contribution in [2.24, 2.45) is 5.92 Å². The minimum Gasteiger partial charge on any atom is -0.455 e. The largest absolute Gasteiger partial charge is 0.455 e. The van der Waals surface area contributed by atoms with E-state index in [1.165, 1.54) is 13.8 Å². The van der Waals surface area contributed by atoms with Crippen LogP contribution in [0.4, 0.5) is 43.9 Å². The summed E-state index contributed by atoms with van der Waals surface area (Å²) >= 11 is 0. The summed E-state index contributed by atoms with van der Waals surface area (Å²) in [6.07, 6.45) is -19.7. The minimum atomic E-state index is -6.41. The van der Waals surface area contributed by atoms with Crippen LogP contribution in [0.1, 0.15) is 39.5 Å². The van der Waals surface area contributed by atoms with Crippen LogP contribution in [0.5, 0.6) is 0 Å². The molecule has 0 aromatic carbocycles. The smallest absolute Gasteiger partial charge is 0.431 e. The van der Waals surface area contributed by atoms with Crippen LogP contribution in [0, 0.1) is 5.92 Å². The topological polar surface area (TPSA) is 110 Å². The van der Waals surface area contributed by atoms with Crippen LogP contribution in [-0.2, 0) is 24.4 Å². The second-order valence-electron chi connectivity index (χ2n) is 8.09. The number of halogens is 10. The van der Waals surface area contributed by atoms with Crippen molar-refractivity contribution >= 4 is 16.1 Å². The Morgan fingerprint density at radius 1 is 0.944 bits per heavy atom. The third-order valence-corrected chi connectivity index (χ3v) is 5.56. The lowest BCUT2D eigenvalue weighted by atomic mass is 9.88. The fourth-order valence-electron chi connectivity index (χ4n) is 2.61. The normalized spacial score (nSPS) is 15.2. The second-order valence-corrected chi connectivity index (χ2v) is 9.56. The number of hydrogen-bond acceptors (Lipinski definition) is 6. The van der Waals surface area contributed by atoms with E-state index in [2.05, 4.69) is 11.3 Å². The van der Waals surface area contributed by atoms with Crippen LogP contribution in [0.2, 0.25) is 0 Å². The number of alkyl halides is 10. The van der Waals surface area contributed by atoms with E-state index in [1.807, 2.05) is 0 Å². The van der Waals surface area contributed by atoms with Gasteiger partial charge in [0.1, 0.15) is 6.10 Å². The lowest BCUT2D eigenvalue weighted by molar-refractivity contribution is -0.392. The summed E-state index contributed by atoms with van der Waals surface area (Å²) in [6.45, 7) is 3.99. The third-order valence-electron chi connectivity index (χ3n) is 4.61. The van der Waals surface area contributed by atoms with Gasteiger partial charge in [0, 0.05) is 13.0 Å². The van der Waals surface area contributed by atoms with Crippen molar-refractivity contribution in [2.45, 2.75) is 74.8 Å². The fourth-order valence-corrected chi connectivity index (χ4v) is 3.09. The highest BCUT2D eigenvalue weighted by Gasteiger charge is 2.75. The maximum atomic E-state index is 13.3. The molecule has 0 aromatic heterocycles. The number of unbranched alkanes of at least 4 members (excludes halogenated alkanes) is 1. The molecule has 0 amide bonds. The van der Waals surface area contributed by atoms with Gasteiger partial charge >= 0.3 is 39.6 Å².